The van der Waals surface area contributed by atoms with Crippen LogP contribution in [0.25, 0.3) is 50.0 Å². The molecule has 0 fully saturated rings. The number of hydrogen-bond donors (Lipinski definition) is 0. The maximum absolute atomic E-state index is 6.36. The molecule has 0 radical (unpaired) electrons. The van der Waals surface area contributed by atoms with Crippen LogP contribution in [0.4, 0.5) is 0 Å². The van der Waals surface area contributed by atoms with Crippen LogP contribution in [-0.4, -0.2) is 27.8 Å². The van der Waals surface area contributed by atoms with Crippen LogP contribution in [0, 0.1) is 12.1 Å². The number of aromatic nitrogens is 3. The third kappa shape index (κ3) is 6.72. The molecule has 0 saturated carbocycles. The fraction of sp³-hybridized carbons (Fsp3) is 0.171. The molecule has 0 N–H and O–H groups in total. The summed E-state index contributed by atoms with van der Waals surface area (Å²) in [6, 6.07) is 46.7. The number of ether oxygens (including phenoxy) is 1. The first-order valence-corrected chi connectivity index (χ1v) is 23.1. The van der Waals surface area contributed by atoms with E-state index in [1.807, 2.05) is 42.5 Å². The van der Waals surface area contributed by atoms with Crippen LogP contribution in [0.2, 0.25) is 17.3 Å². The number of pyridine rings is 2. The van der Waals surface area contributed by atoms with Crippen molar-refractivity contribution in [3.05, 3.63) is 133 Å². The minimum atomic E-state index is -2.00. The van der Waals surface area contributed by atoms with Crippen molar-refractivity contribution in [1.82, 2.24) is 14.5 Å². The van der Waals surface area contributed by atoms with Crippen molar-refractivity contribution in [1.29, 1.82) is 0 Å². The molecule has 0 aliphatic rings. The summed E-state index contributed by atoms with van der Waals surface area (Å²) in [5, 5.41) is 2.18. The third-order valence-corrected chi connectivity index (χ3v) is 12.8. The molecule has 0 spiro atoms. The van der Waals surface area contributed by atoms with Crippen LogP contribution >= 0.6 is 0 Å². The molecule has 6 heteroatoms. The molecule has 0 unspecified atom stereocenters. The molecular weight excluding hydrogens is 818 g/mol. The molecule has 47 heavy (non-hydrogen) atoms. The van der Waals surface area contributed by atoms with E-state index >= 15 is 0 Å². The molecule has 3 aromatic heterocycles. The molecule has 0 amide bonds. The molecule has 4 aromatic carbocycles. The maximum atomic E-state index is 6.36. The van der Waals surface area contributed by atoms with E-state index < -0.39 is 13.3 Å². The van der Waals surface area contributed by atoms with Gasteiger partial charge in [0.15, 0.2) is 0 Å². The Morgan fingerprint density at radius 1 is 0.681 bits per heavy atom. The molecule has 0 saturated heterocycles. The predicted molar refractivity (Wildman–Crippen MR) is 193 cm³/mol. The van der Waals surface area contributed by atoms with Gasteiger partial charge in [0.2, 0.25) is 0 Å². The van der Waals surface area contributed by atoms with E-state index in [1.165, 1.54) is 15.5 Å². The van der Waals surface area contributed by atoms with Gasteiger partial charge in [0.25, 0.3) is 0 Å². The normalized spacial score (nSPS) is 11.9. The fourth-order valence-electron chi connectivity index (χ4n) is 5.84. The van der Waals surface area contributed by atoms with Crippen LogP contribution in [-0.2, 0) is 26.5 Å². The fourth-order valence-corrected chi connectivity index (χ4v) is 8.28. The average Bonchev–Trinajstić information content (AvgIpc) is 3.37. The second-order valence-corrected chi connectivity index (χ2v) is 24.5. The summed E-state index contributed by atoms with van der Waals surface area (Å²) < 4.78 is 9.98. The first-order chi connectivity index (χ1) is 22.0. The number of nitrogens with zero attached hydrogens (tertiary/aromatic N) is 3. The van der Waals surface area contributed by atoms with Gasteiger partial charge in [-0.05, 0) is 28.7 Å². The Kier molecular flexibility index (Phi) is 9.04. The van der Waals surface area contributed by atoms with E-state index in [2.05, 4.69) is 128 Å². The molecule has 0 aliphatic heterocycles. The largest absolute Gasteiger partial charge is 2.00 e. The van der Waals surface area contributed by atoms with Gasteiger partial charge in [0.1, 0.15) is 0 Å². The molecular formula is C41H37GeN3OPt. The molecule has 0 aliphatic carbocycles. The van der Waals surface area contributed by atoms with Crippen molar-refractivity contribution in [2.75, 3.05) is 0 Å². The van der Waals surface area contributed by atoms with Crippen LogP contribution < -0.4 is 9.13 Å². The van der Waals surface area contributed by atoms with Gasteiger partial charge in [0.05, 0.1) is 0 Å². The van der Waals surface area contributed by atoms with Crippen molar-refractivity contribution in [3.63, 3.8) is 0 Å². The van der Waals surface area contributed by atoms with E-state index in [-0.39, 0.29) is 26.5 Å². The zero-order valence-corrected chi connectivity index (χ0v) is 31.9. The van der Waals surface area contributed by atoms with Crippen molar-refractivity contribution in [2.45, 2.75) is 43.5 Å². The van der Waals surface area contributed by atoms with E-state index in [0.717, 1.165) is 44.4 Å². The summed E-state index contributed by atoms with van der Waals surface area (Å²) in [5.74, 6) is 8.17. The Bertz CT molecular complexity index is 2210. The topological polar surface area (TPSA) is 39.9 Å². The monoisotopic (exact) mass is 856 g/mol. The van der Waals surface area contributed by atoms with Gasteiger partial charge in [-0.2, -0.15) is 23.8 Å². The SMILES string of the molecule is CC(C)(C)c1cc[c-]c(-n2c3ccc(-c4ccccc4)cc3c3ccc(Oc4cccc(-c5[c-]cc[c]([Ge]([CH3])([CH3])[CH3])c5)n4)nc32)c1.[Pt+2]. The molecule has 7 aromatic rings. The zero-order valence-electron chi connectivity index (χ0n) is 27.5. The molecule has 0 atom stereocenters. The molecule has 7 rings (SSSR count). The van der Waals surface area contributed by atoms with Crippen molar-refractivity contribution >= 4 is 39.6 Å². The number of benzene rings is 4. The summed E-state index contributed by atoms with van der Waals surface area (Å²) in [6.07, 6.45) is 0. The van der Waals surface area contributed by atoms with Gasteiger partial charge in [-0.1, -0.05) is 57.2 Å². The van der Waals surface area contributed by atoms with E-state index in [0.29, 0.717) is 11.8 Å². The number of fused-ring (bicyclic) bond motifs is 3. The number of hydrogen-bond acceptors (Lipinski definition) is 3. The molecule has 3 heterocycles. The Labute approximate surface area is 294 Å². The van der Waals surface area contributed by atoms with Crippen molar-refractivity contribution < 1.29 is 25.8 Å². The third-order valence-electron chi connectivity index (χ3n) is 8.47. The Balaban J connectivity index is 0.00000386. The summed E-state index contributed by atoms with van der Waals surface area (Å²) >= 11 is -2.00. The number of rotatable bonds is 6. The van der Waals surface area contributed by atoms with E-state index in [9.17, 15) is 0 Å². The van der Waals surface area contributed by atoms with Crippen LogP contribution in [0.5, 0.6) is 11.8 Å². The standard InChI is InChI=1S/C41H37GeN3O.Pt/c1-41(2,3)31-16-11-18-33(27-31)45-37-23-21-29(28-13-8-7-9-14-28)26-35(37)34-22-24-39(44-40(34)45)46-38-20-12-19-36(43-38)30-15-10-17-32(25-30)42(4,5)6;/h7-14,16-17,19-27H,1-6H3;/q-2;+2. The van der Waals surface area contributed by atoms with Gasteiger partial charge in [-0.3, -0.25) is 0 Å². The molecule has 0 bridgehead atoms. The zero-order chi connectivity index (χ0) is 32.1. The van der Waals surface area contributed by atoms with Crippen LogP contribution in [0.1, 0.15) is 26.3 Å². The predicted octanol–water partition coefficient (Wildman–Crippen LogP) is 10.1. The summed E-state index contributed by atoms with van der Waals surface area (Å²) in [5.41, 5.74) is 8.23. The maximum Gasteiger partial charge on any atom is 2.00 e. The summed E-state index contributed by atoms with van der Waals surface area (Å²) in [4.78, 5) is 9.97. The minimum absolute atomic E-state index is 0. The minimum Gasteiger partial charge on any atom is -0.143 e. The second kappa shape index (κ2) is 12.9. The molecule has 236 valence electrons. The first kappa shape index (κ1) is 32.9. The van der Waals surface area contributed by atoms with Gasteiger partial charge < -0.3 is 0 Å². The van der Waals surface area contributed by atoms with Crippen LogP contribution in [0.15, 0.2) is 115 Å². The molecule has 4 nitrogen and oxygen atoms in total. The van der Waals surface area contributed by atoms with E-state index in [4.69, 9.17) is 14.7 Å². The van der Waals surface area contributed by atoms with Gasteiger partial charge in [-0.25, -0.2) is 0 Å². The smallest absolute Gasteiger partial charge is 0.143 e. The quantitative estimate of drug-likeness (QED) is 0.124. The average molecular weight is 855 g/mol. The Hall–Kier alpha value is -3.99. The summed E-state index contributed by atoms with van der Waals surface area (Å²) in [6.45, 7) is 6.69. The van der Waals surface area contributed by atoms with Gasteiger partial charge in [0, 0.05) is 0 Å². The first-order valence-electron chi connectivity index (χ1n) is 15.8. The van der Waals surface area contributed by atoms with Gasteiger partial charge >= 0.3 is 181 Å². The van der Waals surface area contributed by atoms with E-state index in [1.54, 1.807) is 0 Å². The van der Waals surface area contributed by atoms with Crippen molar-refractivity contribution in [3.8, 4) is 39.8 Å². The Morgan fingerprint density at radius 3 is 2.21 bits per heavy atom. The second-order valence-electron chi connectivity index (χ2n) is 13.9. The summed E-state index contributed by atoms with van der Waals surface area (Å²) in [7, 11) is 0. The Morgan fingerprint density at radius 2 is 1.45 bits per heavy atom. The van der Waals surface area contributed by atoms with Crippen LogP contribution in [0.3, 0.4) is 0 Å². The van der Waals surface area contributed by atoms with Gasteiger partial charge in [-0.15, -0.1) is 6.07 Å². The van der Waals surface area contributed by atoms with Crippen molar-refractivity contribution in [2.24, 2.45) is 0 Å².